The third-order valence-corrected chi connectivity index (χ3v) is 2.96. The topological polar surface area (TPSA) is 40.5 Å². The maximum absolute atomic E-state index is 11.6. The van der Waals surface area contributed by atoms with Crippen LogP contribution in [0.2, 0.25) is 0 Å². The van der Waals surface area contributed by atoms with Crippen molar-refractivity contribution in [3.05, 3.63) is 12.2 Å². The molecular formula is C15H29NO2. The zero-order chi connectivity index (χ0) is 14.0. The first-order valence-corrected chi connectivity index (χ1v) is 7.29. The van der Waals surface area contributed by atoms with Crippen LogP contribution in [0.5, 0.6) is 0 Å². The van der Waals surface area contributed by atoms with Crippen molar-refractivity contribution in [1.29, 1.82) is 0 Å². The highest BCUT2D eigenvalue weighted by atomic mass is 16.3. The molecule has 0 radical (unpaired) electrons. The number of likely N-dealkylation sites (tertiary alicyclic amines) is 1. The lowest BCUT2D eigenvalue weighted by molar-refractivity contribution is -0.128. The van der Waals surface area contributed by atoms with E-state index in [-0.39, 0.29) is 18.1 Å². The Morgan fingerprint density at radius 2 is 2.17 bits per heavy atom. The lowest BCUT2D eigenvalue weighted by Gasteiger charge is -2.22. The second-order valence-corrected chi connectivity index (χ2v) is 4.56. The fourth-order valence-electron chi connectivity index (χ4n) is 2.01. The second kappa shape index (κ2) is 10.1. The number of carbonyl (C=O) groups is 1. The molecule has 1 aliphatic heterocycles. The van der Waals surface area contributed by atoms with E-state index in [2.05, 4.69) is 13.0 Å². The van der Waals surface area contributed by atoms with E-state index in [1.54, 1.807) is 6.92 Å². The normalized spacial score (nSPS) is 21.1. The average molecular weight is 255 g/mol. The molecule has 2 atom stereocenters. The predicted molar refractivity (Wildman–Crippen MR) is 76.4 cm³/mol. The number of aliphatic hydroxyl groups is 1. The van der Waals surface area contributed by atoms with Gasteiger partial charge in [0.2, 0.25) is 5.91 Å². The molecular weight excluding hydrogens is 226 g/mol. The molecule has 0 aliphatic carbocycles. The summed E-state index contributed by atoms with van der Waals surface area (Å²) in [7, 11) is 0. The fraction of sp³-hybridized carbons (Fsp3) is 0.800. The van der Waals surface area contributed by atoms with Gasteiger partial charge in [-0.2, -0.15) is 0 Å². The molecule has 106 valence electrons. The number of aliphatic hydroxyl groups excluding tert-OH is 1. The summed E-state index contributed by atoms with van der Waals surface area (Å²) in [6.45, 7) is 8.79. The summed E-state index contributed by atoms with van der Waals surface area (Å²) < 4.78 is 0. The van der Waals surface area contributed by atoms with Crippen LogP contribution < -0.4 is 0 Å². The monoisotopic (exact) mass is 255 g/mol. The molecule has 0 aromatic carbocycles. The first-order valence-electron chi connectivity index (χ1n) is 7.29. The highest BCUT2D eigenvalue weighted by molar-refractivity contribution is 5.79. The molecule has 1 amide bonds. The van der Waals surface area contributed by atoms with Crippen LogP contribution >= 0.6 is 0 Å². The standard InChI is InChI=1S/C13H23NO2.C2H6/c1-3-4-10-14-12(8-9-13(14)16)7-5-6-11(2)15;1-2/h5,7,11-12,15H,3-4,6,8-10H2,1-2H3;1-2H3/b7-5+;/t11?,12-;/m0./s1. The maximum atomic E-state index is 11.6. The highest BCUT2D eigenvalue weighted by Gasteiger charge is 2.27. The van der Waals surface area contributed by atoms with Gasteiger partial charge in [-0.25, -0.2) is 0 Å². The maximum Gasteiger partial charge on any atom is 0.223 e. The fourth-order valence-corrected chi connectivity index (χ4v) is 2.01. The molecule has 0 saturated carbocycles. The van der Waals surface area contributed by atoms with Crippen LogP contribution in [0.3, 0.4) is 0 Å². The highest BCUT2D eigenvalue weighted by Crippen LogP contribution is 2.20. The minimum Gasteiger partial charge on any atom is -0.393 e. The molecule has 0 spiro atoms. The van der Waals surface area contributed by atoms with E-state index in [0.29, 0.717) is 12.8 Å². The Hall–Kier alpha value is -0.830. The number of unbranched alkanes of at least 4 members (excludes halogenated alkanes) is 1. The lowest BCUT2D eigenvalue weighted by atomic mass is 10.1. The van der Waals surface area contributed by atoms with Gasteiger partial charge in [0.25, 0.3) is 0 Å². The van der Waals surface area contributed by atoms with Crippen LogP contribution in [0.1, 0.15) is 59.8 Å². The molecule has 3 nitrogen and oxygen atoms in total. The van der Waals surface area contributed by atoms with Gasteiger partial charge in [-0.1, -0.05) is 39.3 Å². The molecule has 18 heavy (non-hydrogen) atoms. The van der Waals surface area contributed by atoms with Crippen LogP contribution in [-0.4, -0.2) is 34.6 Å². The van der Waals surface area contributed by atoms with Crippen LogP contribution in [0.25, 0.3) is 0 Å². The number of carbonyl (C=O) groups excluding carboxylic acids is 1. The van der Waals surface area contributed by atoms with Gasteiger partial charge in [0.15, 0.2) is 0 Å². The number of nitrogens with zero attached hydrogens (tertiary/aromatic N) is 1. The van der Waals surface area contributed by atoms with Crippen molar-refractivity contribution in [3.8, 4) is 0 Å². The van der Waals surface area contributed by atoms with Crippen LogP contribution in [-0.2, 0) is 4.79 Å². The van der Waals surface area contributed by atoms with Crippen LogP contribution in [0.4, 0.5) is 0 Å². The SMILES string of the molecule is CC.CCCCN1C(=O)CC[C@@H]1/C=C/CC(C)O. The molecule has 1 unspecified atom stereocenters. The van der Waals surface area contributed by atoms with Gasteiger partial charge in [-0.15, -0.1) is 0 Å². The molecule has 1 saturated heterocycles. The molecule has 1 N–H and O–H groups in total. The Labute approximate surface area is 112 Å². The molecule has 0 aromatic rings. The van der Waals surface area contributed by atoms with Crippen molar-refractivity contribution in [3.63, 3.8) is 0 Å². The summed E-state index contributed by atoms with van der Waals surface area (Å²) in [5, 5.41) is 9.15. The third-order valence-electron chi connectivity index (χ3n) is 2.96. The van der Waals surface area contributed by atoms with Crippen molar-refractivity contribution in [2.75, 3.05) is 6.54 Å². The zero-order valence-corrected chi connectivity index (χ0v) is 12.4. The smallest absolute Gasteiger partial charge is 0.223 e. The molecule has 1 aliphatic rings. The van der Waals surface area contributed by atoms with Gasteiger partial charge in [-0.05, 0) is 26.2 Å². The largest absolute Gasteiger partial charge is 0.393 e. The van der Waals surface area contributed by atoms with E-state index >= 15 is 0 Å². The van der Waals surface area contributed by atoms with E-state index in [1.807, 2.05) is 24.8 Å². The van der Waals surface area contributed by atoms with Crippen molar-refractivity contribution >= 4 is 5.91 Å². The van der Waals surface area contributed by atoms with Crippen molar-refractivity contribution in [2.24, 2.45) is 0 Å². The van der Waals surface area contributed by atoms with E-state index in [0.717, 1.165) is 25.8 Å². The van der Waals surface area contributed by atoms with Gasteiger partial charge >= 0.3 is 0 Å². The molecule has 1 heterocycles. The van der Waals surface area contributed by atoms with Crippen molar-refractivity contribution in [2.45, 2.75) is 71.9 Å². The summed E-state index contributed by atoms with van der Waals surface area (Å²) >= 11 is 0. The van der Waals surface area contributed by atoms with Gasteiger partial charge in [0, 0.05) is 13.0 Å². The molecule has 0 bridgehead atoms. The average Bonchev–Trinajstić information content (AvgIpc) is 2.70. The predicted octanol–water partition coefficient (Wildman–Crippen LogP) is 3.13. The summed E-state index contributed by atoms with van der Waals surface area (Å²) in [5.74, 6) is 0.278. The van der Waals surface area contributed by atoms with Crippen molar-refractivity contribution < 1.29 is 9.90 Å². The summed E-state index contributed by atoms with van der Waals surface area (Å²) in [6.07, 6.45) is 8.25. The minimum atomic E-state index is -0.294. The summed E-state index contributed by atoms with van der Waals surface area (Å²) in [6, 6.07) is 0.262. The molecule has 0 aromatic heterocycles. The van der Waals surface area contributed by atoms with Gasteiger partial charge in [0.1, 0.15) is 0 Å². The first kappa shape index (κ1) is 17.2. The van der Waals surface area contributed by atoms with Gasteiger partial charge < -0.3 is 10.0 Å². The first-order chi connectivity index (χ1) is 8.65. The third kappa shape index (κ3) is 6.20. The molecule has 3 heteroatoms. The Morgan fingerprint density at radius 1 is 1.50 bits per heavy atom. The Kier molecular flexibility index (Phi) is 9.66. The van der Waals surface area contributed by atoms with Gasteiger partial charge in [-0.3, -0.25) is 4.79 Å². The Bertz CT molecular complexity index is 249. The number of hydrogen-bond donors (Lipinski definition) is 1. The van der Waals surface area contributed by atoms with E-state index in [1.165, 1.54) is 0 Å². The van der Waals surface area contributed by atoms with E-state index < -0.39 is 0 Å². The van der Waals surface area contributed by atoms with E-state index in [4.69, 9.17) is 5.11 Å². The zero-order valence-electron chi connectivity index (χ0n) is 12.4. The number of hydrogen-bond acceptors (Lipinski definition) is 2. The minimum absolute atomic E-state index is 0.262. The summed E-state index contributed by atoms with van der Waals surface area (Å²) in [5.41, 5.74) is 0. The van der Waals surface area contributed by atoms with Crippen LogP contribution in [0, 0.1) is 0 Å². The van der Waals surface area contributed by atoms with E-state index in [9.17, 15) is 4.79 Å². The Balaban J connectivity index is 0.00000137. The summed E-state index contributed by atoms with van der Waals surface area (Å²) in [4.78, 5) is 13.6. The molecule has 1 fully saturated rings. The number of rotatable bonds is 6. The Morgan fingerprint density at radius 3 is 2.72 bits per heavy atom. The quantitative estimate of drug-likeness (QED) is 0.741. The van der Waals surface area contributed by atoms with Gasteiger partial charge in [0.05, 0.1) is 12.1 Å². The van der Waals surface area contributed by atoms with Crippen molar-refractivity contribution in [1.82, 2.24) is 4.90 Å². The number of amides is 1. The second-order valence-electron chi connectivity index (χ2n) is 4.56. The van der Waals surface area contributed by atoms with Crippen LogP contribution in [0.15, 0.2) is 12.2 Å². The lowest BCUT2D eigenvalue weighted by Crippen LogP contribution is -2.32. The molecule has 1 rings (SSSR count).